The van der Waals surface area contributed by atoms with Gasteiger partial charge in [0.2, 0.25) is 0 Å². The van der Waals surface area contributed by atoms with E-state index in [2.05, 4.69) is 25.8 Å². The number of aliphatic hydroxyl groups is 1. The zero-order valence-corrected chi connectivity index (χ0v) is 13.3. The van der Waals surface area contributed by atoms with Crippen molar-refractivity contribution >= 4 is 0 Å². The van der Waals surface area contributed by atoms with E-state index in [0.717, 1.165) is 25.2 Å². The molecule has 4 unspecified atom stereocenters. The summed E-state index contributed by atoms with van der Waals surface area (Å²) in [5.41, 5.74) is 3.20. The number of phenolic OH excluding ortho intramolecular Hbond substituents is 1. The van der Waals surface area contributed by atoms with Gasteiger partial charge in [0.15, 0.2) is 0 Å². The van der Waals surface area contributed by atoms with Crippen molar-refractivity contribution in [3.63, 3.8) is 0 Å². The number of benzene rings is 1. The summed E-state index contributed by atoms with van der Waals surface area (Å²) < 4.78 is 0. The summed E-state index contributed by atoms with van der Waals surface area (Å²) in [4.78, 5) is 0. The second-order valence-corrected chi connectivity index (χ2v) is 7.58. The number of aryl methyl sites for hydroxylation is 1. The van der Waals surface area contributed by atoms with Crippen molar-refractivity contribution in [1.82, 2.24) is 0 Å². The summed E-state index contributed by atoms with van der Waals surface area (Å²) in [6, 6.07) is 5.96. The predicted octanol–water partition coefficient (Wildman–Crippen LogP) is 3.86. The van der Waals surface area contributed by atoms with E-state index >= 15 is 0 Å². The summed E-state index contributed by atoms with van der Waals surface area (Å²) in [7, 11) is 0. The molecule has 1 aromatic rings. The van der Waals surface area contributed by atoms with Crippen LogP contribution in [0.1, 0.15) is 56.1 Å². The number of phenols is 1. The molecule has 2 heteroatoms. The van der Waals surface area contributed by atoms with E-state index < -0.39 is 0 Å². The highest BCUT2D eigenvalue weighted by molar-refractivity contribution is 5.40. The Labute approximate surface area is 133 Å². The van der Waals surface area contributed by atoms with Crippen LogP contribution in [0.5, 0.6) is 5.75 Å². The summed E-state index contributed by atoms with van der Waals surface area (Å²) in [6.07, 6.45) is 14.7. The van der Waals surface area contributed by atoms with Gasteiger partial charge in [0.05, 0.1) is 6.10 Å². The first-order valence-electron chi connectivity index (χ1n) is 8.40. The number of rotatable bonds is 0. The molecule has 5 atom stereocenters. The molecule has 118 valence electrons. The van der Waals surface area contributed by atoms with Gasteiger partial charge in [0.25, 0.3) is 0 Å². The zero-order chi connectivity index (χ0) is 15.9. The van der Waals surface area contributed by atoms with Crippen LogP contribution in [0.25, 0.3) is 0 Å². The van der Waals surface area contributed by atoms with Crippen LogP contribution in [-0.2, 0) is 6.42 Å². The molecule has 0 aromatic heterocycles. The molecule has 1 aromatic carbocycles. The molecule has 2 fully saturated rings. The van der Waals surface area contributed by atoms with Gasteiger partial charge in [-0.3, -0.25) is 0 Å². The molecule has 0 saturated heterocycles. The molecule has 4 rings (SSSR count). The van der Waals surface area contributed by atoms with Crippen LogP contribution in [-0.4, -0.2) is 16.3 Å². The van der Waals surface area contributed by atoms with Crippen molar-refractivity contribution in [2.75, 3.05) is 0 Å². The number of terminal acetylenes is 1. The first-order valence-corrected chi connectivity index (χ1v) is 8.40. The van der Waals surface area contributed by atoms with Gasteiger partial charge in [-0.25, -0.2) is 0 Å². The fourth-order valence-corrected chi connectivity index (χ4v) is 5.59. The maximum atomic E-state index is 10.1. The van der Waals surface area contributed by atoms with Crippen LogP contribution in [0.2, 0.25) is 0 Å². The van der Waals surface area contributed by atoms with E-state index in [0.29, 0.717) is 23.0 Å². The second-order valence-electron chi connectivity index (χ2n) is 7.58. The smallest absolute Gasteiger partial charge is 0.115 e. The maximum absolute atomic E-state index is 10.1. The van der Waals surface area contributed by atoms with E-state index in [1.54, 1.807) is 0 Å². The lowest BCUT2D eigenvalue weighted by Crippen LogP contribution is -2.39. The molecular formula is C20H26O2. The topological polar surface area (TPSA) is 40.5 Å². The van der Waals surface area contributed by atoms with Gasteiger partial charge in [0.1, 0.15) is 5.75 Å². The lowest BCUT2D eigenvalue weighted by molar-refractivity contribution is 0.0596. The highest BCUT2D eigenvalue weighted by atomic mass is 16.3. The lowest BCUT2D eigenvalue weighted by atomic mass is 9.56. The van der Waals surface area contributed by atoms with Gasteiger partial charge in [-0.05, 0) is 85.0 Å². The molecule has 0 bridgehead atoms. The number of aromatic hydroxyl groups is 1. The predicted molar refractivity (Wildman–Crippen MR) is 88.6 cm³/mol. The van der Waals surface area contributed by atoms with Crippen LogP contribution in [0.3, 0.4) is 0 Å². The highest BCUT2D eigenvalue weighted by Gasteiger charge is 2.52. The van der Waals surface area contributed by atoms with Gasteiger partial charge in [-0.15, -0.1) is 12.8 Å². The van der Waals surface area contributed by atoms with E-state index in [1.807, 2.05) is 12.1 Å². The van der Waals surface area contributed by atoms with E-state index in [-0.39, 0.29) is 6.10 Å². The third-order valence-electron chi connectivity index (χ3n) is 6.46. The largest absolute Gasteiger partial charge is 0.508 e. The van der Waals surface area contributed by atoms with E-state index in [4.69, 9.17) is 0 Å². The Morgan fingerprint density at radius 1 is 1.23 bits per heavy atom. The normalized spacial score (nSPS) is 38.9. The third-order valence-corrected chi connectivity index (χ3v) is 6.46. The van der Waals surface area contributed by atoms with E-state index in [9.17, 15) is 10.2 Å². The Bertz CT molecular complexity index is 576. The molecule has 0 radical (unpaired) electrons. The number of hydrogen-bond donors (Lipinski definition) is 2. The van der Waals surface area contributed by atoms with Gasteiger partial charge < -0.3 is 10.2 Å². The molecule has 0 heterocycles. The van der Waals surface area contributed by atoms with Crippen LogP contribution in [0.4, 0.5) is 0 Å². The van der Waals surface area contributed by atoms with Gasteiger partial charge in [-0.1, -0.05) is 13.0 Å². The molecule has 0 aliphatic heterocycles. The molecule has 2 N–H and O–H groups in total. The van der Waals surface area contributed by atoms with Crippen molar-refractivity contribution in [1.29, 1.82) is 0 Å². The van der Waals surface area contributed by atoms with Crippen LogP contribution >= 0.6 is 0 Å². The lowest BCUT2D eigenvalue weighted by Gasteiger charge is -2.49. The molecule has 3 aliphatic carbocycles. The Morgan fingerprint density at radius 2 is 2.00 bits per heavy atom. The molecule has 0 spiro atoms. The average molecular weight is 298 g/mol. The fourth-order valence-electron chi connectivity index (χ4n) is 5.59. The average Bonchev–Trinajstić information content (AvgIpc) is 2.83. The second kappa shape index (κ2) is 5.63. The SMILES string of the molecule is C#C.CC12CCC3c4ccc(O)cc4CCC3C1C[C@H](O)C2. The van der Waals surface area contributed by atoms with Crippen molar-refractivity contribution < 1.29 is 10.2 Å². The van der Waals surface area contributed by atoms with Crippen LogP contribution in [0.15, 0.2) is 18.2 Å². The minimum Gasteiger partial charge on any atom is -0.508 e. The van der Waals surface area contributed by atoms with Crippen LogP contribution in [0, 0.1) is 30.1 Å². The van der Waals surface area contributed by atoms with Crippen molar-refractivity contribution in [2.24, 2.45) is 17.3 Å². The highest BCUT2D eigenvalue weighted by Crippen LogP contribution is 2.60. The molecule has 2 saturated carbocycles. The molecule has 2 nitrogen and oxygen atoms in total. The molecule has 22 heavy (non-hydrogen) atoms. The van der Waals surface area contributed by atoms with Crippen molar-refractivity contribution in [3.05, 3.63) is 29.3 Å². The molecule has 0 amide bonds. The minimum absolute atomic E-state index is 0.0787. The summed E-state index contributed by atoms with van der Waals surface area (Å²) >= 11 is 0. The first kappa shape index (κ1) is 15.4. The van der Waals surface area contributed by atoms with Crippen molar-refractivity contribution in [3.8, 4) is 18.6 Å². The fraction of sp³-hybridized carbons (Fsp3) is 0.600. The Balaban J connectivity index is 0.000000693. The van der Waals surface area contributed by atoms with E-state index in [1.165, 1.54) is 30.4 Å². The zero-order valence-electron chi connectivity index (χ0n) is 13.3. The maximum Gasteiger partial charge on any atom is 0.115 e. The van der Waals surface area contributed by atoms with Crippen LogP contribution < -0.4 is 0 Å². The van der Waals surface area contributed by atoms with Crippen molar-refractivity contribution in [2.45, 2.75) is 57.5 Å². The monoisotopic (exact) mass is 298 g/mol. The summed E-state index contributed by atoms with van der Waals surface area (Å²) in [5, 5.41) is 19.8. The quantitative estimate of drug-likeness (QED) is 0.714. The van der Waals surface area contributed by atoms with Gasteiger partial charge in [0, 0.05) is 0 Å². The molecule has 3 aliphatic rings. The summed E-state index contributed by atoms with van der Waals surface area (Å²) in [5.74, 6) is 2.49. The Hall–Kier alpha value is -1.46. The first-order chi connectivity index (χ1) is 10.6. The standard InChI is InChI=1S/C18H24O2.C2H2/c1-18-7-6-15-14-5-3-12(19)8-11(14)2-4-16(15)17(18)9-13(20)10-18;1-2/h3,5,8,13,15-17,19-20H,2,4,6-7,9-10H2,1H3;1-2H/t13-,15?,16?,17?,18?;/m0./s1. The number of fused-ring (bicyclic) bond motifs is 5. The van der Waals surface area contributed by atoms with Gasteiger partial charge in [-0.2, -0.15) is 0 Å². The number of hydrogen-bond acceptors (Lipinski definition) is 2. The molecular weight excluding hydrogens is 272 g/mol. The number of aliphatic hydroxyl groups excluding tert-OH is 1. The Morgan fingerprint density at radius 3 is 2.77 bits per heavy atom. The van der Waals surface area contributed by atoms with Gasteiger partial charge >= 0.3 is 0 Å². The minimum atomic E-state index is -0.0787. The Kier molecular flexibility index (Phi) is 3.95. The summed E-state index contributed by atoms with van der Waals surface area (Å²) in [6.45, 7) is 2.40. The third kappa shape index (κ3) is 2.32.